The van der Waals surface area contributed by atoms with Crippen LogP contribution in [0.3, 0.4) is 0 Å². The van der Waals surface area contributed by atoms with E-state index in [1.807, 2.05) is 19.9 Å². The number of alkyl halides is 2. The van der Waals surface area contributed by atoms with Crippen LogP contribution in [0.25, 0.3) is 0 Å². The van der Waals surface area contributed by atoms with Crippen LogP contribution in [0.2, 0.25) is 0 Å². The zero-order valence-corrected chi connectivity index (χ0v) is 11.0. The molecule has 0 saturated heterocycles. The average molecular weight is 253 g/mol. The third-order valence-electron chi connectivity index (χ3n) is 3.81. The molecule has 18 heavy (non-hydrogen) atoms. The lowest BCUT2D eigenvalue weighted by atomic mass is 9.91. The summed E-state index contributed by atoms with van der Waals surface area (Å²) >= 11 is 0. The minimum absolute atomic E-state index is 0.0203. The first kappa shape index (κ1) is 13.5. The number of hydrogen-bond acceptors (Lipinski definition) is 1. The van der Waals surface area contributed by atoms with Crippen molar-refractivity contribution < 1.29 is 8.78 Å². The maximum atomic E-state index is 14.1. The van der Waals surface area contributed by atoms with E-state index in [1.165, 1.54) is 6.07 Å². The summed E-state index contributed by atoms with van der Waals surface area (Å²) in [5, 5.41) is 0. The third-order valence-corrected chi connectivity index (χ3v) is 3.81. The Morgan fingerprint density at radius 1 is 1.33 bits per heavy atom. The second-order valence-electron chi connectivity index (χ2n) is 5.87. The largest absolute Gasteiger partial charge is 0.330 e. The van der Waals surface area contributed by atoms with E-state index in [4.69, 9.17) is 5.73 Å². The summed E-state index contributed by atoms with van der Waals surface area (Å²) in [6, 6.07) is 6.84. The van der Waals surface area contributed by atoms with Gasteiger partial charge in [0.05, 0.1) is 0 Å². The van der Waals surface area contributed by atoms with E-state index < -0.39 is 5.92 Å². The van der Waals surface area contributed by atoms with Gasteiger partial charge in [0.2, 0.25) is 0 Å². The molecule has 0 amide bonds. The second kappa shape index (κ2) is 4.61. The Balaban J connectivity index is 2.27. The quantitative estimate of drug-likeness (QED) is 0.848. The number of rotatable bonds is 5. The van der Waals surface area contributed by atoms with E-state index in [-0.39, 0.29) is 23.3 Å². The molecule has 1 nitrogen and oxygen atoms in total. The van der Waals surface area contributed by atoms with Crippen LogP contribution in [0, 0.1) is 5.92 Å². The summed E-state index contributed by atoms with van der Waals surface area (Å²) in [5.41, 5.74) is 6.84. The Labute approximate surface area is 107 Å². The van der Waals surface area contributed by atoms with Crippen LogP contribution >= 0.6 is 0 Å². The van der Waals surface area contributed by atoms with Gasteiger partial charge in [-0.05, 0) is 30.4 Å². The fourth-order valence-electron chi connectivity index (χ4n) is 2.47. The number of halogens is 2. The van der Waals surface area contributed by atoms with Gasteiger partial charge in [-0.25, -0.2) is 8.78 Å². The highest BCUT2D eigenvalue weighted by atomic mass is 19.3. The predicted octanol–water partition coefficient (Wildman–Crippen LogP) is 3.81. The molecule has 0 radical (unpaired) electrons. The second-order valence-corrected chi connectivity index (χ2v) is 5.87. The van der Waals surface area contributed by atoms with Crippen molar-refractivity contribution in [1.29, 1.82) is 0 Å². The summed E-state index contributed by atoms with van der Waals surface area (Å²) in [4.78, 5) is 0. The van der Waals surface area contributed by atoms with E-state index in [1.54, 1.807) is 12.1 Å². The third kappa shape index (κ3) is 2.56. The maximum Gasteiger partial charge on any atom is 0.273 e. The van der Waals surface area contributed by atoms with Crippen LogP contribution in [0.1, 0.15) is 44.2 Å². The summed E-state index contributed by atoms with van der Waals surface area (Å²) in [5.74, 6) is -2.76. The van der Waals surface area contributed by atoms with Crippen molar-refractivity contribution in [2.75, 3.05) is 6.54 Å². The van der Waals surface area contributed by atoms with Crippen LogP contribution in [-0.4, -0.2) is 6.54 Å². The lowest BCUT2D eigenvalue weighted by molar-refractivity contribution is -0.0250. The van der Waals surface area contributed by atoms with E-state index in [0.717, 1.165) is 18.4 Å². The first-order valence-corrected chi connectivity index (χ1v) is 6.58. The minimum Gasteiger partial charge on any atom is -0.330 e. The van der Waals surface area contributed by atoms with Gasteiger partial charge < -0.3 is 5.73 Å². The van der Waals surface area contributed by atoms with Gasteiger partial charge in [-0.15, -0.1) is 0 Å². The molecular weight excluding hydrogens is 232 g/mol. The standard InChI is InChI=1S/C15H21F2N/c1-11(2)9-15(16,17)13-5-3-4-12(8-13)14(10-18)6-7-14/h3-5,8,11H,6-7,9-10,18H2,1-2H3. The molecule has 3 heteroatoms. The monoisotopic (exact) mass is 253 g/mol. The van der Waals surface area contributed by atoms with Crippen molar-refractivity contribution in [2.24, 2.45) is 11.7 Å². The van der Waals surface area contributed by atoms with Crippen molar-refractivity contribution in [1.82, 2.24) is 0 Å². The van der Waals surface area contributed by atoms with Crippen molar-refractivity contribution in [2.45, 2.75) is 44.4 Å². The minimum atomic E-state index is -2.74. The molecule has 0 aliphatic heterocycles. The number of hydrogen-bond donors (Lipinski definition) is 1. The molecule has 2 N–H and O–H groups in total. The fraction of sp³-hybridized carbons (Fsp3) is 0.600. The van der Waals surface area contributed by atoms with Crippen LogP contribution < -0.4 is 5.73 Å². The van der Waals surface area contributed by atoms with Crippen molar-refractivity contribution in [3.8, 4) is 0 Å². The zero-order valence-electron chi connectivity index (χ0n) is 11.0. The van der Waals surface area contributed by atoms with Crippen LogP contribution in [0.5, 0.6) is 0 Å². The Kier molecular flexibility index (Phi) is 3.45. The van der Waals surface area contributed by atoms with E-state index in [2.05, 4.69) is 0 Å². The normalized spacial score (nSPS) is 18.1. The Morgan fingerprint density at radius 3 is 2.50 bits per heavy atom. The smallest absolute Gasteiger partial charge is 0.273 e. The Bertz CT molecular complexity index is 422. The molecule has 1 saturated carbocycles. The highest BCUT2D eigenvalue weighted by molar-refractivity contribution is 5.36. The highest BCUT2D eigenvalue weighted by Crippen LogP contribution is 2.48. The summed E-state index contributed by atoms with van der Waals surface area (Å²) < 4.78 is 28.1. The molecule has 0 spiro atoms. The topological polar surface area (TPSA) is 26.0 Å². The maximum absolute atomic E-state index is 14.1. The number of nitrogens with two attached hydrogens (primary N) is 1. The molecular formula is C15H21F2N. The molecule has 1 aliphatic rings. The van der Waals surface area contributed by atoms with E-state index in [9.17, 15) is 8.78 Å². The number of benzene rings is 1. The van der Waals surface area contributed by atoms with Crippen LogP contribution in [0.15, 0.2) is 24.3 Å². The van der Waals surface area contributed by atoms with Gasteiger partial charge in [0, 0.05) is 23.9 Å². The molecule has 1 aromatic carbocycles. The lowest BCUT2D eigenvalue weighted by Crippen LogP contribution is -2.21. The molecule has 0 aromatic heterocycles. The van der Waals surface area contributed by atoms with E-state index in [0.29, 0.717) is 6.54 Å². The predicted molar refractivity (Wildman–Crippen MR) is 69.8 cm³/mol. The molecule has 0 unspecified atom stereocenters. The highest BCUT2D eigenvalue weighted by Gasteiger charge is 2.43. The van der Waals surface area contributed by atoms with Gasteiger partial charge in [-0.1, -0.05) is 32.0 Å². The summed E-state index contributed by atoms with van der Waals surface area (Å²) in [6.07, 6.45) is 1.93. The van der Waals surface area contributed by atoms with Crippen LogP contribution in [0.4, 0.5) is 8.78 Å². The van der Waals surface area contributed by atoms with Crippen molar-refractivity contribution in [3.05, 3.63) is 35.4 Å². The molecule has 0 atom stereocenters. The molecule has 0 bridgehead atoms. The lowest BCUT2D eigenvalue weighted by Gasteiger charge is -2.21. The fourth-order valence-corrected chi connectivity index (χ4v) is 2.47. The SMILES string of the molecule is CC(C)CC(F)(F)c1cccc(C2(CN)CC2)c1. The van der Waals surface area contributed by atoms with Gasteiger partial charge in [0.15, 0.2) is 0 Å². The van der Waals surface area contributed by atoms with Crippen LogP contribution in [-0.2, 0) is 11.3 Å². The first-order valence-electron chi connectivity index (χ1n) is 6.58. The molecule has 1 fully saturated rings. The van der Waals surface area contributed by atoms with Crippen molar-refractivity contribution in [3.63, 3.8) is 0 Å². The molecule has 100 valence electrons. The summed E-state index contributed by atoms with van der Waals surface area (Å²) in [7, 11) is 0. The van der Waals surface area contributed by atoms with Gasteiger partial charge in [0.25, 0.3) is 5.92 Å². The van der Waals surface area contributed by atoms with Gasteiger partial charge in [0.1, 0.15) is 0 Å². The average Bonchev–Trinajstić information content (AvgIpc) is 3.08. The van der Waals surface area contributed by atoms with Gasteiger partial charge in [-0.2, -0.15) is 0 Å². The Morgan fingerprint density at radius 2 is 2.00 bits per heavy atom. The molecule has 2 rings (SSSR count). The molecule has 0 heterocycles. The zero-order chi connectivity index (χ0) is 13.4. The Hall–Kier alpha value is -0.960. The van der Waals surface area contributed by atoms with Gasteiger partial charge >= 0.3 is 0 Å². The molecule has 1 aliphatic carbocycles. The molecule has 1 aromatic rings. The van der Waals surface area contributed by atoms with E-state index >= 15 is 0 Å². The van der Waals surface area contributed by atoms with Crippen molar-refractivity contribution >= 4 is 0 Å². The van der Waals surface area contributed by atoms with Gasteiger partial charge in [-0.3, -0.25) is 0 Å². The summed E-state index contributed by atoms with van der Waals surface area (Å²) in [6.45, 7) is 4.19. The first-order chi connectivity index (χ1) is 8.39.